The number of aromatic carboxylic acids is 1. The number of carboxylic acids is 1. The first kappa shape index (κ1) is 15.1. The minimum absolute atomic E-state index is 0.0803. The number of hydrogen-bond donors (Lipinski definition) is 2. The normalized spacial score (nSPS) is 11.4. The zero-order chi connectivity index (χ0) is 15.8. The molecule has 0 unspecified atom stereocenters. The van der Waals surface area contributed by atoms with E-state index in [0.717, 1.165) is 17.2 Å². The van der Waals surface area contributed by atoms with E-state index in [1.807, 2.05) is 19.9 Å². The highest BCUT2D eigenvalue weighted by atomic mass is 32.2. The summed E-state index contributed by atoms with van der Waals surface area (Å²) in [6.45, 7) is 3.71. The molecule has 6 nitrogen and oxygen atoms in total. The second-order valence-corrected chi connectivity index (χ2v) is 6.51. The SMILES string of the molecule is Cc1cccc(NS(=O)(=O)c2cc(C(=O)O)n(C)c2)c1C. The summed E-state index contributed by atoms with van der Waals surface area (Å²) in [6, 6.07) is 6.45. The monoisotopic (exact) mass is 308 g/mol. The molecule has 1 aromatic carbocycles. The van der Waals surface area contributed by atoms with Gasteiger partial charge in [0.25, 0.3) is 10.0 Å². The van der Waals surface area contributed by atoms with Crippen molar-refractivity contribution in [3.05, 3.63) is 47.3 Å². The Balaban J connectivity index is 2.41. The molecule has 0 saturated carbocycles. The molecule has 0 aliphatic rings. The molecule has 0 amide bonds. The van der Waals surface area contributed by atoms with Gasteiger partial charge in [-0.2, -0.15) is 0 Å². The summed E-state index contributed by atoms with van der Waals surface area (Å²) in [6.07, 6.45) is 1.27. The maximum Gasteiger partial charge on any atom is 0.352 e. The summed E-state index contributed by atoms with van der Waals surface area (Å²) in [5.74, 6) is -1.18. The van der Waals surface area contributed by atoms with Crippen LogP contribution in [-0.4, -0.2) is 24.1 Å². The summed E-state index contributed by atoms with van der Waals surface area (Å²) in [5.41, 5.74) is 2.19. The van der Waals surface area contributed by atoms with Crippen LogP contribution < -0.4 is 4.72 Å². The molecule has 7 heteroatoms. The van der Waals surface area contributed by atoms with Crippen LogP contribution in [0.1, 0.15) is 21.6 Å². The fraction of sp³-hybridized carbons (Fsp3) is 0.214. The van der Waals surface area contributed by atoms with E-state index >= 15 is 0 Å². The molecule has 2 aromatic rings. The van der Waals surface area contributed by atoms with E-state index in [4.69, 9.17) is 5.11 Å². The quantitative estimate of drug-likeness (QED) is 0.905. The van der Waals surface area contributed by atoms with E-state index in [1.165, 1.54) is 17.8 Å². The van der Waals surface area contributed by atoms with E-state index in [0.29, 0.717) is 5.69 Å². The van der Waals surface area contributed by atoms with Gasteiger partial charge in [-0.05, 0) is 37.1 Å². The van der Waals surface area contributed by atoms with Crippen LogP contribution >= 0.6 is 0 Å². The lowest BCUT2D eigenvalue weighted by Gasteiger charge is -2.11. The summed E-state index contributed by atoms with van der Waals surface area (Å²) in [7, 11) is -2.34. The van der Waals surface area contributed by atoms with Crippen LogP contribution in [0.5, 0.6) is 0 Å². The van der Waals surface area contributed by atoms with Gasteiger partial charge >= 0.3 is 5.97 Å². The molecule has 0 aliphatic carbocycles. The first-order valence-electron chi connectivity index (χ1n) is 6.21. The Kier molecular flexibility index (Phi) is 3.78. The maximum atomic E-state index is 12.3. The lowest BCUT2D eigenvalue weighted by Crippen LogP contribution is -2.13. The number of anilines is 1. The van der Waals surface area contributed by atoms with Crippen LogP contribution in [-0.2, 0) is 17.1 Å². The smallest absolute Gasteiger partial charge is 0.352 e. The number of rotatable bonds is 4. The lowest BCUT2D eigenvalue weighted by atomic mass is 10.1. The van der Waals surface area contributed by atoms with E-state index in [-0.39, 0.29) is 10.6 Å². The lowest BCUT2D eigenvalue weighted by molar-refractivity contribution is 0.0686. The molecule has 0 atom stereocenters. The molecule has 2 N–H and O–H groups in total. The van der Waals surface area contributed by atoms with Crippen molar-refractivity contribution in [2.45, 2.75) is 18.7 Å². The number of nitrogens with zero attached hydrogens (tertiary/aromatic N) is 1. The first-order valence-corrected chi connectivity index (χ1v) is 7.69. The van der Waals surface area contributed by atoms with Crippen molar-refractivity contribution in [3.8, 4) is 0 Å². The molecule has 112 valence electrons. The molecule has 2 rings (SSSR count). The van der Waals surface area contributed by atoms with Crippen LogP contribution in [0.3, 0.4) is 0 Å². The highest BCUT2D eigenvalue weighted by molar-refractivity contribution is 7.92. The van der Waals surface area contributed by atoms with Crippen molar-refractivity contribution in [2.24, 2.45) is 7.05 Å². The fourth-order valence-electron chi connectivity index (χ4n) is 1.96. The molecule has 0 aliphatic heterocycles. The van der Waals surface area contributed by atoms with Gasteiger partial charge in [-0.25, -0.2) is 13.2 Å². The Morgan fingerprint density at radius 1 is 1.29 bits per heavy atom. The van der Waals surface area contributed by atoms with Gasteiger partial charge < -0.3 is 9.67 Å². The molecule has 1 aromatic heterocycles. The molecule has 0 bridgehead atoms. The van der Waals surface area contributed by atoms with Gasteiger partial charge in [-0.15, -0.1) is 0 Å². The van der Waals surface area contributed by atoms with Gasteiger partial charge in [-0.1, -0.05) is 12.1 Å². The largest absolute Gasteiger partial charge is 0.477 e. The average Bonchev–Trinajstić information content (AvgIpc) is 2.78. The number of aryl methyl sites for hydroxylation is 2. The third kappa shape index (κ3) is 2.92. The van der Waals surface area contributed by atoms with E-state index in [9.17, 15) is 13.2 Å². The number of benzene rings is 1. The van der Waals surface area contributed by atoms with Crippen molar-refractivity contribution >= 4 is 21.7 Å². The Hall–Kier alpha value is -2.28. The molecule has 0 saturated heterocycles. The molecule has 0 fully saturated rings. The standard InChI is InChI=1S/C14H16N2O4S/c1-9-5-4-6-12(10(9)2)15-21(19,20)11-7-13(14(17)18)16(3)8-11/h4-8,15H,1-3H3,(H,17,18). The van der Waals surface area contributed by atoms with Crippen molar-refractivity contribution in [1.82, 2.24) is 4.57 Å². The zero-order valence-electron chi connectivity index (χ0n) is 11.9. The predicted octanol–water partition coefficient (Wildman–Crippen LogP) is 2.14. The average molecular weight is 308 g/mol. The molecule has 0 radical (unpaired) electrons. The van der Waals surface area contributed by atoms with Crippen LogP contribution in [0.15, 0.2) is 35.4 Å². The highest BCUT2D eigenvalue weighted by Gasteiger charge is 2.21. The third-order valence-corrected chi connectivity index (χ3v) is 4.69. The van der Waals surface area contributed by atoms with E-state index in [2.05, 4.69) is 4.72 Å². The van der Waals surface area contributed by atoms with Crippen LogP contribution in [0.4, 0.5) is 5.69 Å². The number of sulfonamides is 1. The van der Waals surface area contributed by atoms with Gasteiger partial charge in [0.05, 0.1) is 5.69 Å². The fourth-order valence-corrected chi connectivity index (χ4v) is 3.15. The minimum atomic E-state index is -3.82. The summed E-state index contributed by atoms with van der Waals surface area (Å²) < 4.78 is 28.4. The summed E-state index contributed by atoms with van der Waals surface area (Å²) >= 11 is 0. The van der Waals surface area contributed by atoms with Crippen molar-refractivity contribution < 1.29 is 18.3 Å². The third-order valence-electron chi connectivity index (χ3n) is 3.36. The molecular weight excluding hydrogens is 292 g/mol. The van der Waals surface area contributed by atoms with Crippen molar-refractivity contribution in [2.75, 3.05) is 4.72 Å². The van der Waals surface area contributed by atoms with Gasteiger partial charge in [0.1, 0.15) is 10.6 Å². The number of carboxylic acid groups (broad SMARTS) is 1. The van der Waals surface area contributed by atoms with Gasteiger partial charge in [0, 0.05) is 13.2 Å². The minimum Gasteiger partial charge on any atom is -0.477 e. The van der Waals surface area contributed by atoms with Crippen LogP contribution in [0.2, 0.25) is 0 Å². The first-order chi connectivity index (χ1) is 9.72. The number of hydrogen-bond acceptors (Lipinski definition) is 3. The molecule has 21 heavy (non-hydrogen) atoms. The second kappa shape index (κ2) is 5.25. The van der Waals surface area contributed by atoms with Gasteiger partial charge in [0.2, 0.25) is 0 Å². The zero-order valence-corrected chi connectivity index (χ0v) is 12.7. The Morgan fingerprint density at radius 3 is 2.52 bits per heavy atom. The number of carbonyl (C=O) groups is 1. The Morgan fingerprint density at radius 2 is 1.95 bits per heavy atom. The van der Waals surface area contributed by atoms with Crippen molar-refractivity contribution in [3.63, 3.8) is 0 Å². The van der Waals surface area contributed by atoms with Crippen LogP contribution in [0.25, 0.3) is 0 Å². The molecule has 0 spiro atoms. The topological polar surface area (TPSA) is 88.4 Å². The number of nitrogens with one attached hydrogen (secondary N) is 1. The summed E-state index contributed by atoms with van der Waals surface area (Å²) in [5, 5.41) is 8.98. The van der Waals surface area contributed by atoms with E-state index < -0.39 is 16.0 Å². The predicted molar refractivity (Wildman–Crippen MR) is 79.1 cm³/mol. The molecule has 1 heterocycles. The Labute approximate surface area is 123 Å². The Bertz CT molecular complexity index is 806. The summed E-state index contributed by atoms with van der Waals surface area (Å²) in [4.78, 5) is 10.9. The van der Waals surface area contributed by atoms with Crippen LogP contribution in [0, 0.1) is 13.8 Å². The maximum absolute atomic E-state index is 12.3. The van der Waals surface area contributed by atoms with Gasteiger partial charge in [-0.3, -0.25) is 4.72 Å². The second-order valence-electron chi connectivity index (χ2n) is 4.83. The van der Waals surface area contributed by atoms with E-state index in [1.54, 1.807) is 12.1 Å². The molecular formula is C14H16N2O4S. The highest BCUT2D eigenvalue weighted by Crippen LogP contribution is 2.22. The van der Waals surface area contributed by atoms with Crippen molar-refractivity contribution in [1.29, 1.82) is 0 Å². The number of aromatic nitrogens is 1. The van der Waals surface area contributed by atoms with Gasteiger partial charge in [0.15, 0.2) is 0 Å².